The molecular weight excluding hydrogens is 579 g/mol. The van der Waals surface area contributed by atoms with Crippen LogP contribution in [-0.4, -0.2) is 32.1 Å². The van der Waals surface area contributed by atoms with E-state index >= 15 is 0 Å². The monoisotopic (exact) mass is 609 g/mol. The molecule has 1 aliphatic carbocycles. The van der Waals surface area contributed by atoms with Crippen LogP contribution in [0.4, 0.5) is 0 Å². The molecule has 3 aromatic carbocycles. The number of benzene rings is 3. The van der Waals surface area contributed by atoms with Crippen LogP contribution < -0.4 is 5.43 Å². The standard InChI is InChI=1S/C38H31N3O3S/c42-35-30-18-19-32(39-36(30)41(29-16-17-29)23-31(35)37(43)44)33-22-25-20-21-40(24-34(25)45-33)38(26-10-4-1-5-11-26,27-12-6-2-7-13-27)28-14-8-3-9-15-28/h1-15,18-19,22-23,29H,16-17,20-21,24H2,(H,43,44). The second-order valence-corrected chi connectivity index (χ2v) is 13.1. The first kappa shape index (κ1) is 27.7. The Hall–Kier alpha value is -4.85. The van der Waals surface area contributed by atoms with Crippen molar-refractivity contribution in [1.29, 1.82) is 0 Å². The molecule has 3 aromatic heterocycles. The summed E-state index contributed by atoms with van der Waals surface area (Å²) in [5, 5.41) is 10.00. The van der Waals surface area contributed by atoms with Crippen LogP contribution in [0.5, 0.6) is 0 Å². The molecule has 1 saturated carbocycles. The van der Waals surface area contributed by atoms with Crippen molar-refractivity contribution in [1.82, 2.24) is 14.5 Å². The van der Waals surface area contributed by atoms with Crippen molar-refractivity contribution in [2.24, 2.45) is 0 Å². The third-order valence-electron chi connectivity index (χ3n) is 9.23. The van der Waals surface area contributed by atoms with Crippen molar-refractivity contribution >= 4 is 28.3 Å². The number of hydrogen-bond acceptors (Lipinski definition) is 5. The summed E-state index contributed by atoms with van der Waals surface area (Å²) >= 11 is 1.76. The highest BCUT2D eigenvalue weighted by molar-refractivity contribution is 7.15. The number of aromatic nitrogens is 2. The Balaban J connectivity index is 1.23. The zero-order valence-corrected chi connectivity index (χ0v) is 25.4. The van der Waals surface area contributed by atoms with Crippen molar-refractivity contribution < 1.29 is 9.90 Å². The maximum Gasteiger partial charge on any atom is 0.341 e. The van der Waals surface area contributed by atoms with E-state index in [0.29, 0.717) is 11.0 Å². The number of thiophene rings is 1. The number of pyridine rings is 2. The molecule has 6 aromatic rings. The van der Waals surface area contributed by atoms with Gasteiger partial charge >= 0.3 is 5.97 Å². The van der Waals surface area contributed by atoms with Crippen LogP contribution in [0.1, 0.15) is 56.4 Å². The van der Waals surface area contributed by atoms with Crippen LogP contribution in [0, 0.1) is 0 Å². The minimum Gasteiger partial charge on any atom is -0.477 e. The molecule has 6 nitrogen and oxygen atoms in total. The Morgan fingerprint density at radius 1 is 0.844 bits per heavy atom. The van der Waals surface area contributed by atoms with E-state index in [9.17, 15) is 14.7 Å². The lowest BCUT2D eigenvalue weighted by molar-refractivity contribution is 0.0695. The highest BCUT2D eigenvalue weighted by Gasteiger charge is 2.43. The Morgan fingerprint density at radius 3 is 2.00 bits per heavy atom. The molecular formula is C38H31N3O3S. The van der Waals surface area contributed by atoms with Crippen molar-refractivity contribution in [3.63, 3.8) is 0 Å². The van der Waals surface area contributed by atoms with E-state index in [1.807, 2.05) is 10.6 Å². The Bertz CT molecular complexity index is 2000. The van der Waals surface area contributed by atoms with Gasteiger partial charge in [-0.25, -0.2) is 9.78 Å². The van der Waals surface area contributed by atoms with Gasteiger partial charge in [-0.05, 0) is 59.7 Å². The Labute approximate surface area is 264 Å². The molecule has 2 aliphatic rings. The van der Waals surface area contributed by atoms with Gasteiger partial charge in [-0.1, -0.05) is 91.0 Å². The minimum absolute atomic E-state index is 0.182. The summed E-state index contributed by atoms with van der Waals surface area (Å²) in [5.41, 5.74) is 5.25. The third kappa shape index (κ3) is 4.62. The molecule has 0 bridgehead atoms. The molecule has 0 amide bonds. The lowest BCUT2D eigenvalue weighted by atomic mass is 9.75. The molecule has 0 unspecified atom stereocenters. The second kappa shape index (κ2) is 10.9. The topological polar surface area (TPSA) is 75.4 Å². The highest BCUT2D eigenvalue weighted by Crippen LogP contribution is 2.46. The quantitative estimate of drug-likeness (QED) is 0.190. The normalized spacial score (nSPS) is 15.2. The summed E-state index contributed by atoms with van der Waals surface area (Å²) < 4.78 is 1.90. The first-order chi connectivity index (χ1) is 22.0. The highest BCUT2D eigenvalue weighted by atomic mass is 32.1. The number of carboxylic acid groups (broad SMARTS) is 1. The molecule has 1 aliphatic heterocycles. The van der Waals surface area contributed by atoms with Gasteiger partial charge in [-0.15, -0.1) is 11.3 Å². The van der Waals surface area contributed by atoms with E-state index in [0.717, 1.165) is 42.9 Å². The van der Waals surface area contributed by atoms with E-state index < -0.39 is 16.9 Å². The lowest BCUT2D eigenvalue weighted by Crippen LogP contribution is -2.49. The van der Waals surface area contributed by atoms with Gasteiger partial charge in [0.05, 0.1) is 21.5 Å². The van der Waals surface area contributed by atoms with Gasteiger partial charge in [-0.2, -0.15) is 0 Å². The molecule has 45 heavy (non-hydrogen) atoms. The van der Waals surface area contributed by atoms with Crippen LogP contribution in [0.3, 0.4) is 0 Å². The van der Waals surface area contributed by atoms with Gasteiger partial charge < -0.3 is 9.67 Å². The van der Waals surface area contributed by atoms with Crippen LogP contribution in [0.15, 0.2) is 120 Å². The molecule has 1 N–H and O–H groups in total. The van der Waals surface area contributed by atoms with Gasteiger partial charge in [0.1, 0.15) is 11.2 Å². The predicted molar refractivity (Wildman–Crippen MR) is 178 cm³/mol. The molecule has 0 saturated heterocycles. The fourth-order valence-corrected chi connectivity index (χ4v) is 8.16. The fourth-order valence-electron chi connectivity index (χ4n) is 6.97. The number of hydrogen-bond donors (Lipinski definition) is 1. The number of carboxylic acids is 1. The number of carbonyl (C=O) groups is 1. The summed E-state index contributed by atoms with van der Waals surface area (Å²) in [6.07, 6.45) is 4.30. The molecule has 4 heterocycles. The van der Waals surface area contributed by atoms with Crippen molar-refractivity contribution in [2.45, 2.75) is 37.4 Å². The molecule has 0 atom stereocenters. The van der Waals surface area contributed by atoms with Crippen LogP contribution >= 0.6 is 11.3 Å². The number of aromatic carboxylic acids is 1. The number of rotatable bonds is 7. The van der Waals surface area contributed by atoms with E-state index in [1.165, 1.54) is 33.3 Å². The maximum absolute atomic E-state index is 13.0. The second-order valence-electron chi connectivity index (χ2n) is 11.9. The van der Waals surface area contributed by atoms with E-state index in [1.54, 1.807) is 17.4 Å². The molecule has 0 radical (unpaired) electrons. The van der Waals surface area contributed by atoms with Gasteiger partial charge in [0.25, 0.3) is 0 Å². The molecule has 7 heteroatoms. The van der Waals surface area contributed by atoms with Gasteiger partial charge in [0.15, 0.2) is 0 Å². The van der Waals surface area contributed by atoms with Crippen LogP contribution in [0.25, 0.3) is 21.6 Å². The molecule has 8 rings (SSSR count). The number of nitrogens with zero attached hydrogens (tertiary/aromatic N) is 3. The van der Waals surface area contributed by atoms with Crippen LogP contribution in [-0.2, 0) is 18.5 Å². The average Bonchev–Trinajstić information content (AvgIpc) is 3.84. The minimum atomic E-state index is -1.20. The summed E-state index contributed by atoms with van der Waals surface area (Å²) in [7, 11) is 0. The smallest absolute Gasteiger partial charge is 0.341 e. The molecule has 0 spiro atoms. The number of fused-ring (bicyclic) bond motifs is 2. The predicted octanol–water partition coefficient (Wildman–Crippen LogP) is 7.51. The van der Waals surface area contributed by atoms with E-state index in [4.69, 9.17) is 4.98 Å². The Kier molecular flexibility index (Phi) is 6.73. The Morgan fingerprint density at radius 2 is 1.44 bits per heavy atom. The zero-order chi connectivity index (χ0) is 30.5. The first-order valence-corrected chi connectivity index (χ1v) is 16.2. The summed E-state index contributed by atoms with van der Waals surface area (Å²) in [6.45, 7) is 1.66. The van der Waals surface area contributed by atoms with Crippen molar-refractivity contribution in [3.05, 3.63) is 158 Å². The third-order valence-corrected chi connectivity index (χ3v) is 10.4. The average molecular weight is 610 g/mol. The summed E-state index contributed by atoms with van der Waals surface area (Å²) in [4.78, 5) is 34.8. The first-order valence-electron chi connectivity index (χ1n) is 15.4. The SMILES string of the molecule is O=C(O)c1cn(C2CC2)c2nc(-c3cc4c(s3)CN(C(c3ccccc3)(c3ccccc3)c3ccccc3)CC4)ccc2c1=O. The summed E-state index contributed by atoms with van der Waals surface area (Å²) in [5.74, 6) is -1.20. The van der Waals surface area contributed by atoms with Crippen molar-refractivity contribution in [3.8, 4) is 10.6 Å². The molecule has 1 fully saturated rings. The van der Waals surface area contributed by atoms with Gasteiger partial charge in [0, 0.05) is 30.2 Å². The summed E-state index contributed by atoms with van der Waals surface area (Å²) in [6, 6.07) is 38.5. The van der Waals surface area contributed by atoms with E-state index in [2.05, 4.69) is 102 Å². The maximum atomic E-state index is 13.0. The lowest BCUT2D eigenvalue weighted by Gasteiger charge is -2.47. The van der Waals surface area contributed by atoms with Crippen LogP contribution in [0.2, 0.25) is 0 Å². The van der Waals surface area contributed by atoms with Gasteiger partial charge in [0.2, 0.25) is 5.43 Å². The van der Waals surface area contributed by atoms with Crippen molar-refractivity contribution in [2.75, 3.05) is 6.54 Å². The molecule has 222 valence electrons. The van der Waals surface area contributed by atoms with Gasteiger partial charge in [-0.3, -0.25) is 9.69 Å². The zero-order valence-electron chi connectivity index (χ0n) is 24.6. The van der Waals surface area contributed by atoms with E-state index in [-0.39, 0.29) is 11.6 Å². The fraction of sp³-hybridized carbons (Fsp3) is 0.184. The largest absolute Gasteiger partial charge is 0.477 e.